The second kappa shape index (κ2) is 8.64. The van der Waals surface area contributed by atoms with Gasteiger partial charge in [0.25, 0.3) is 0 Å². The Morgan fingerprint density at radius 3 is 2.54 bits per heavy atom. The van der Waals surface area contributed by atoms with Gasteiger partial charge in [-0.1, -0.05) is 25.1 Å². The maximum absolute atomic E-state index is 12.3. The Morgan fingerprint density at radius 1 is 1.12 bits per heavy atom. The molecule has 2 aromatic carbocycles. The van der Waals surface area contributed by atoms with Crippen molar-refractivity contribution >= 4 is 23.4 Å². The van der Waals surface area contributed by atoms with Gasteiger partial charge in [0.1, 0.15) is 0 Å². The number of thioether (sulfide) groups is 1. The molecule has 0 unspecified atom stereocenters. The minimum Gasteiger partial charge on any atom is -0.493 e. The summed E-state index contributed by atoms with van der Waals surface area (Å²) in [5.41, 5.74) is 3.16. The van der Waals surface area contributed by atoms with E-state index in [1.807, 2.05) is 43.3 Å². The maximum atomic E-state index is 12.3. The van der Waals surface area contributed by atoms with Crippen molar-refractivity contribution in [3.8, 4) is 11.5 Å². The molecule has 0 fully saturated rings. The summed E-state index contributed by atoms with van der Waals surface area (Å²) in [4.78, 5) is 13.3. The minimum absolute atomic E-state index is 0.0150. The van der Waals surface area contributed by atoms with Crippen LogP contribution in [0.25, 0.3) is 0 Å². The summed E-state index contributed by atoms with van der Waals surface area (Å²) in [5, 5.41) is 3.04. The van der Waals surface area contributed by atoms with E-state index < -0.39 is 0 Å². The normalized spacial score (nSPS) is 10.3. The molecule has 0 heterocycles. The Bertz CT molecular complexity index is 716. The average Bonchev–Trinajstić information content (AvgIpc) is 2.61. The topological polar surface area (TPSA) is 47.6 Å². The first-order valence-electron chi connectivity index (χ1n) is 7.82. The highest BCUT2D eigenvalue weighted by Crippen LogP contribution is 2.32. The van der Waals surface area contributed by atoms with Crippen LogP contribution < -0.4 is 14.8 Å². The molecular weight excluding hydrogens is 322 g/mol. The quantitative estimate of drug-likeness (QED) is 0.760. The van der Waals surface area contributed by atoms with E-state index in [-0.39, 0.29) is 5.91 Å². The summed E-state index contributed by atoms with van der Waals surface area (Å²) in [6.07, 6.45) is 0.889. The van der Waals surface area contributed by atoms with Gasteiger partial charge in [-0.25, -0.2) is 0 Å². The van der Waals surface area contributed by atoms with Crippen LogP contribution in [0, 0.1) is 6.92 Å². The lowest BCUT2D eigenvalue weighted by molar-refractivity contribution is -0.113. The molecule has 0 atom stereocenters. The summed E-state index contributed by atoms with van der Waals surface area (Å²) in [5.74, 6) is 1.67. The van der Waals surface area contributed by atoms with Crippen LogP contribution in [-0.4, -0.2) is 25.9 Å². The number of anilines is 1. The number of methoxy groups -OCH3 is 2. The predicted molar refractivity (Wildman–Crippen MR) is 99.5 cm³/mol. The fourth-order valence-electron chi connectivity index (χ4n) is 2.43. The number of hydrogen-bond donors (Lipinski definition) is 1. The molecule has 0 saturated carbocycles. The molecule has 2 aromatic rings. The van der Waals surface area contributed by atoms with Crippen LogP contribution in [0.5, 0.6) is 11.5 Å². The summed E-state index contributed by atoms with van der Waals surface area (Å²) in [6, 6.07) is 11.7. The number of amides is 1. The second-order valence-corrected chi connectivity index (χ2v) is 6.36. The highest BCUT2D eigenvalue weighted by atomic mass is 32.2. The van der Waals surface area contributed by atoms with Gasteiger partial charge in [0.15, 0.2) is 11.5 Å². The standard InChI is InChI=1S/C19H23NO3S/c1-5-14-8-6-7-13(2)19(14)20-18(21)12-24-15-9-10-16(22-3)17(11-15)23-4/h6-11H,5,12H2,1-4H3,(H,20,21). The lowest BCUT2D eigenvalue weighted by Crippen LogP contribution is -2.16. The Morgan fingerprint density at radius 2 is 1.88 bits per heavy atom. The maximum Gasteiger partial charge on any atom is 0.234 e. The Balaban J connectivity index is 2.01. The van der Waals surface area contributed by atoms with E-state index in [1.165, 1.54) is 11.8 Å². The van der Waals surface area contributed by atoms with E-state index in [4.69, 9.17) is 9.47 Å². The molecule has 0 aliphatic rings. The molecule has 0 saturated heterocycles. The number of ether oxygens (including phenoxy) is 2. The Kier molecular flexibility index (Phi) is 6.55. The fraction of sp³-hybridized carbons (Fsp3) is 0.316. The molecule has 0 radical (unpaired) electrons. The van der Waals surface area contributed by atoms with Gasteiger partial charge in [0, 0.05) is 10.6 Å². The third-order valence-electron chi connectivity index (χ3n) is 3.73. The zero-order valence-corrected chi connectivity index (χ0v) is 15.3. The zero-order chi connectivity index (χ0) is 17.5. The smallest absolute Gasteiger partial charge is 0.234 e. The Labute approximate surface area is 147 Å². The van der Waals surface area contributed by atoms with Gasteiger partial charge in [-0.15, -0.1) is 11.8 Å². The van der Waals surface area contributed by atoms with Crippen molar-refractivity contribution in [2.75, 3.05) is 25.3 Å². The van der Waals surface area contributed by atoms with Crippen molar-refractivity contribution in [1.82, 2.24) is 0 Å². The van der Waals surface area contributed by atoms with Gasteiger partial charge >= 0.3 is 0 Å². The highest BCUT2D eigenvalue weighted by Gasteiger charge is 2.10. The van der Waals surface area contributed by atoms with Gasteiger partial charge in [-0.05, 0) is 42.7 Å². The molecule has 0 aromatic heterocycles. The molecule has 24 heavy (non-hydrogen) atoms. The highest BCUT2D eigenvalue weighted by molar-refractivity contribution is 8.00. The number of benzene rings is 2. The fourth-order valence-corrected chi connectivity index (χ4v) is 3.16. The largest absolute Gasteiger partial charge is 0.493 e. The van der Waals surface area contributed by atoms with Gasteiger partial charge in [0.2, 0.25) is 5.91 Å². The van der Waals surface area contributed by atoms with Gasteiger partial charge in [-0.2, -0.15) is 0 Å². The van der Waals surface area contributed by atoms with Gasteiger partial charge in [-0.3, -0.25) is 4.79 Å². The van der Waals surface area contributed by atoms with Crippen molar-refractivity contribution in [2.45, 2.75) is 25.2 Å². The van der Waals surface area contributed by atoms with E-state index in [2.05, 4.69) is 12.2 Å². The van der Waals surface area contributed by atoms with E-state index in [0.717, 1.165) is 28.1 Å². The lowest BCUT2D eigenvalue weighted by atomic mass is 10.1. The van der Waals surface area contributed by atoms with E-state index in [9.17, 15) is 4.79 Å². The predicted octanol–water partition coefficient (Wildman–Crippen LogP) is 4.31. The van der Waals surface area contributed by atoms with Crippen molar-refractivity contribution in [1.29, 1.82) is 0 Å². The van der Waals surface area contributed by atoms with Gasteiger partial charge < -0.3 is 14.8 Å². The summed E-state index contributed by atoms with van der Waals surface area (Å²) >= 11 is 1.47. The van der Waals surface area contributed by atoms with Crippen molar-refractivity contribution in [2.24, 2.45) is 0 Å². The molecule has 0 bridgehead atoms. The minimum atomic E-state index is -0.0150. The number of carbonyl (C=O) groups excluding carboxylic acids is 1. The summed E-state index contributed by atoms with van der Waals surface area (Å²) < 4.78 is 10.5. The van der Waals surface area contributed by atoms with Crippen molar-refractivity contribution in [3.05, 3.63) is 47.5 Å². The zero-order valence-electron chi connectivity index (χ0n) is 14.5. The van der Waals surface area contributed by atoms with E-state index >= 15 is 0 Å². The number of carbonyl (C=O) groups is 1. The Hall–Kier alpha value is -2.14. The first kappa shape index (κ1) is 18.2. The molecule has 0 aliphatic heterocycles. The third-order valence-corrected chi connectivity index (χ3v) is 4.72. The number of rotatable bonds is 7. The van der Waals surface area contributed by atoms with Crippen LogP contribution in [0.2, 0.25) is 0 Å². The molecule has 0 aliphatic carbocycles. The van der Waals surface area contributed by atoms with Crippen molar-refractivity contribution in [3.63, 3.8) is 0 Å². The van der Waals surface area contributed by atoms with Crippen LogP contribution >= 0.6 is 11.8 Å². The number of hydrogen-bond acceptors (Lipinski definition) is 4. The van der Waals surface area contributed by atoms with Crippen LogP contribution in [0.3, 0.4) is 0 Å². The first-order valence-corrected chi connectivity index (χ1v) is 8.80. The monoisotopic (exact) mass is 345 g/mol. The molecule has 1 N–H and O–H groups in total. The number of nitrogens with one attached hydrogen (secondary N) is 1. The van der Waals surface area contributed by atoms with E-state index in [1.54, 1.807) is 14.2 Å². The lowest BCUT2D eigenvalue weighted by Gasteiger charge is -2.13. The molecule has 1 amide bonds. The first-order chi connectivity index (χ1) is 11.6. The van der Waals surface area contributed by atoms with Gasteiger partial charge in [0.05, 0.1) is 20.0 Å². The SMILES string of the molecule is CCc1cccc(C)c1NC(=O)CSc1ccc(OC)c(OC)c1. The molecule has 4 nitrogen and oxygen atoms in total. The molecule has 0 spiro atoms. The molecule has 128 valence electrons. The van der Waals surface area contributed by atoms with Crippen LogP contribution in [-0.2, 0) is 11.2 Å². The van der Waals surface area contributed by atoms with Crippen LogP contribution in [0.4, 0.5) is 5.69 Å². The third kappa shape index (κ3) is 4.45. The average molecular weight is 345 g/mol. The van der Waals surface area contributed by atoms with Crippen molar-refractivity contribution < 1.29 is 14.3 Å². The second-order valence-electron chi connectivity index (χ2n) is 5.32. The van der Waals surface area contributed by atoms with Crippen LogP contribution in [0.1, 0.15) is 18.1 Å². The molecule has 5 heteroatoms. The van der Waals surface area contributed by atoms with E-state index in [0.29, 0.717) is 17.3 Å². The summed E-state index contributed by atoms with van der Waals surface area (Å²) in [7, 11) is 3.20. The number of para-hydroxylation sites is 1. The van der Waals surface area contributed by atoms with Crippen LogP contribution in [0.15, 0.2) is 41.3 Å². The molecule has 2 rings (SSSR count). The number of aryl methyl sites for hydroxylation is 2. The summed E-state index contributed by atoms with van der Waals surface area (Å²) in [6.45, 7) is 4.10. The molecular formula is C19H23NO3S.